The molecular weight excluding hydrogens is 302 g/mol. The van der Waals surface area contributed by atoms with E-state index in [1.54, 1.807) is 10.9 Å². The summed E-state index contributed by atoms with van der Waals surface area (Å²) < 4.78 is 1.72. The van der Waals surface area contributed by atoms with Crippen molar-refractivity contribution in [2.45, 2.75) is 6.92 Å². The van der Waals surface area contributed by atoms with Gasteiger partial charge in [0.1, 0.15) is 0 Å². The van der Waals surface area contributed by atoms with Crippen LogP contribution < -0.4 is 5.32 Å². The number of carboxylic acid groups (broad SMARTS) is 1. The number of carbonyl (C=O) groups excluding carboxylic acids is 1. The average Bonchev–Trinajstić information content (AvgIpc) is 2.89. The summed E-state index contributed by atoms with van der Waals surface area (Å²) in [7, 11) is 0. The predicted octanol–water partition coefficient (Wildman–Crippen LogP) is 1.73. The molecule has 2 aromatic rings. The molecule has 0 saturated heterocycles. The number of hydrogen-bond donors (Lipinski definition) is 2. The number of amides is 1. The Balaban J connectivity index is 1.94. The molecule has 0 aliphatic rings. The Kier molecular flexibility index (Phi) is 5.60. The van der Waals surface area contributed by atoms with Gasteiger partial charge < -0.3 is 10.4 Å². The average molecular weight is 319 g/mol. The van der Waals surface area contributed by atoms with Gasteiger partial charge in [-0.2, -0.15) is 5.10 Å². The van der Waals surface area contributed by atoms with Gasteiger partial charge in [0.05, 0.1) is 28.9 Å². The Morgan fingerprint density at radius 2 is 2.05 bits per heavy atom. The highest BCUT2D eigenvalue weighted by Gasteiger charge is 2.14. The molecule has 7 heteroatoms. The van der Waals surface area contributed by atoms with Crippen LogP contribution in [0.5, 0.6) is 0 Å². The van der Waals surface area contributed by atoms with Gasteiger partial charge in [-0.05, 0) is 19.1 Å². The molecule has 2 N–H and O–H groups in total. The smallest absolute Gasteiger partial charge is 0.313 e. The number of nitrogens with one attached hydrogen (secondary N) is 1. The molecule has 1 aromatic carbocycles. The molecule has 6 nitrogen and oxygen atoms in total. The summed E-state index contributed by atoms with van der Waals surface area (Å²) in [6.45, 7) is 2.26. The van der Waals surface area contributed by atoms with Crippen molar-refractivity contribution in [3.8, 4) is 5.69 Å². The second-order valence-corrected chi connectivity index (χ2v) is 5.70. The summed E-state index contributed by atoms with van der Waals surface area (Å²) in [6.07, 6.45) is 1.54. The molecule has 1 aromatic heterocycles. The number of benzene rings is 1. The van der Waals surface area contributed by atoms with E-state index in [0.717, 1.165) is 11.4 Å². The first-order valence-electron chi connectivity index (χ1n) is 6.77. The van der Waals surface area contributed by atoms with Gasteiger partial charge in [-0.1, -0.05) is 18.2 Å². The SMILES string of the molecule is Cc1c(C(=O)NCCSCC(=O)O)cnn1-c1ccccc1. The zero-order chi connectivity index (χ0) is 15.9. The molecule has 1 heterocycles. The highest BCUT2D eigenvalue weighted by atomic mass is 32.2. The summed E-state index contributed by atoms with van der Waals surface area (Å²) in [5.74, 6) is -0.447. The standard InChI is InChI=1S/C15H17N3O3S/c1-11-13(15(21)16-7-8-22-10-14(19)20)9-17-18(11)12-5-3-2-4-6-12/h2-6,9H,7-8,10H2,1H3,(H,16,21)(H,19,20). The van der Waals surface area contributed by atoms with Crippen LogP contribution in [0.2, 0.25) is 0 Å². The fourth-order valence-electron chi connectivity index (χ4n) is 1.95. The molecule has 0 unspecified atom stereocenters. The van der Waals surface area contributed by atoms with Crippen LogP contribution >= 0.6 is 11.8 Å². The molecule has 0 spiro atoms. The predicted molar refractivity (Wildman–Crippen MR) is 85.6 cm³/mol. The number of thioether (sulfide) groups is 1. The number of rotatable bonds is 7. The van der Waals surface area contributed by atoms with Gasteiger partial charge in [-0.25, -0.2) is 4.68 Å². The molecule has 0 bridgehead atoms. The third-order valence-electron chi connectivity index (χ3n) is 3.01. The molecule has 0 aliphatic heterocycles. The Morgan fingerprint density at radius 1 is 1.32 bits per heavy atom. The minimum absolute atomic E-state index is 0.0425. The van der Waals surface area contributed by atoms with Crippen LogP contribution in [0.1, 0.15) is 16.1 Å². The Hall–Kier alpha value is -2.28. The lowest BCUT2D eigenvalue weighted by Crippen LogP contribution is -2.26. The maximum absolute atomic E-state index is 12.1. The number of carbonyl (C=O) groups is 2. The summed E-state index contributed by atoms with van der Waals surface area (Å²) in [5.41, 5.74) is 2.19. The van der Waals surface area contributed by atoms with Crippen molar-refractivity contribution in [1.82, 2.24) is 15.1 Å². The lowest BCUT2D eigenvalue weighted by Gasteiger charge is -2.06. The highest BCUT2D eigenvalue weighted by molar-refractivity contribution is 7.99. The number of carboxylic acids is 1. The minimum atomic E-state index is -0.851. The first-order valence-corrected chi connectivity index (χ1v) is 7.93. The van der Waals surface area contributed by atoms with Crippen molar-refractivity contribution in [2.24, 2.45) is 0 Å². The Morgan fingerprint density at radius 3 is 2.73 bits per heavy atom. The van der Waals surface area contributed by atoms with Crippen LogP contribution in [-0.2, 0) is 4.79 Å². The summed E-state index contributed by atoms with van der Waals surface area (Å²) in [4.78, 5) is 22.5. The monoisotopic (exact) mass is 319 g/mol. The minimum Gasteiger partial charge on any atom is -0.481 e. The van der Waals surface area contributed by atoms with Crippen LogP contribution in [-0.4, -0.2) is 44.8 Å². The first-order chi connectivity index (χ1) is 10.6. The highest BCUT2D eigenvalue weighted by Crippen LogP contribution is 2.13. The van der Waals surface area contributed by atoms with Gasteiger partial charge >= 0.3 is 5.97 Å². The van der Waals surface area contributed by atoms with E-state index in [1.165, 1.54) is 11.8 Å². The molecule has 0 saturated carbocycles. The van der Waals surface area contributed by atoms with E-state index in [-0.39, 0.29) is 11.7 Å². The van der Waals surface area contributed by atoms with Crippen LogP contribution in [0.15, 0.2) is 36.5 Å². The van der Waals surface area contributed by atoms with Crippen molar-refractivity contribution >= 4 is 23.6 Å². The molecular formula is C15H17N3O3S. The van der Waals surface area contributed by atoms with Crippen LogP contribution in [0.25, 0.3) is 5.69 Å². The lowest BCUT2D eigenvalue weighted by atomic mass is 10.2. The van der Waals surface area contributed by atoms with Crippen molar-refractivity contribution in [2.75, 3.05) is 18.1 Å². The zero-order valence-electron chi connectivity index (χ0n) is 12.2. The second kappa shape index (κ2) is 7.65. The summed E-state index contributed by atoms with van der Waals surface area (Å²) in [5, 5.41) is 15.5. The van der Waals surface area contributed by atoms with Crippen molar-refractivity contribution in [3.05, 3.63) is 47.8 Å². The van der Waals surface area contributed by atoms with Gasteiger partial charge in [0.15, 0.2) is 0 Å². The number of nitrogens with zero attached hydrogens (tertiary/aromatic N) is 2. The van der Waals surface area contributed by atoms with E-state index in [9.17, 15) is 9.59 Å². The second-order valence-electron chi connectivity index (χ2n) is 4.59. The number of hydrogen-bond acceptors (Lipinski definition) is 4. The summed E-state index contributed by atoms with van der Waals surface area (Å²) >= 11 is 1.27. The molecule has 0 radical (unpaired) electrons. The van der Waals surface area contributed by atoms with E-state index >= 15 is 0 Å². The molecule has 116 valence electrons. The first kappa shape index (κ1) is 16.1. The van der Waals surface area contributed by atoms with Gasteiger partial charge in [-0.15, -0.1) is 11.8 Å². The molecule has 22 heavy (non-hydrogen) atoms. The zero-order valence-corrected chi connectivity index (χ0v) is 13.0. The number of aromatic nitrogens is 2. The van der Waals surface area contributed by atoms with Crippen molar-refractivity contribution < 1.29 is 14.7 Å². The fourth-order valence-corrected chi connectivity index (χ4v) is 2.52. The normalized spacial score (nSPS) is 10.4. The van der Waals surface area contributed by atoms with Crippen LogP contribution in [0.4, 0.5) is 0 Å². The third kappa shape index (κ3) is 4.11. The number of aliphatic carboxylic acids is 1. The molecule has 2 rings (SSSR count). The summed E-state index contributed by atoms with van der Waals surface area (Å²) in [6, 6.07) is 9.59. The lowest BCUT2D eigenvalue weighted by molar-refractivity contribution is -0.133. The van der Waals surface area contributed by atoms with Crippen molar-refractivity contribution in [3.63, 3.8) is 0 Å². The Labute approximate surface area is 132 Å². The maximum atomic E-state index is 12.1. The van der Waals surface area contributed by atoms with Crippen LogP contribution in [0.3, 0.4) is 0 Å². The molecule has 0 atom stereocenters. The van der Waals surface area contributed by atoms with Gasteiger partial charge in [0.2, 0.25) is 0 Å². The topological polar surface area (TPSA) is 84.2 Å². The molecule has 0 aliphatic carbocycles. The maximum Gasteiger partial charge on any atom is 0.313 e. The van der Waals surface area contributed by atoms with E-state index in [0.29, 0.717) is 17.9 Å². The van der Waals surface area contributed by atoms with Gasteiger partial charge in [0, 0.05) is 12.3 Å². The fraction of sp³-hybridized carbons (Fsp3) is 0.267. The molecule has 0 fully saturated rings. The Bertz CT molecular complexity index is 655. The largest absolute Gasteiger partial charge is 0.481 e. The van der Waals surface area contributed by atoms with Gasteiger partial charge in [0.25, 0.3) is 5.91 Å². The van der Waals surface area contributed by atoms with Gasteiger partial charge in [-0.3, -0.25) is 9.59 Å². The third-order valence-corrected chi connectivity index (χ3v) is 3.96. The quantitative estimate of drug-likeness (QED) is 0.759. The molecule has 1 amide bonds. The van der Waals surface area contributed by atoms with E-state index in [1.807, 2.05) is 37.3 Å². The van der Waals surface area contributed by atoms with E-state index in [4.69, 9.17) is 5.11 Å². The van der Waals surface area contributed by atoms with Crippen molar-refractivity contribution in [1.29, 1.82) is 0 Å². The van der Waals surface area contributed by atoms with E-state index in [2.05, 4.69) is 10.4 Å². The number of para-hydroxylation sites is 1. The van der Waals surface area contributed by atoms with Crippen LogP contribution in [0, 0.1) is 6.92 Å². The van der Waals surface area contributed by atoms with E-state index < -0.39 is 5.97 Å².